The Balaban J connectivity index is 2.09. The SMILES string of the molecule is COc1c(C(C)n2ccc(C)n2)cc(Cl)c(C)c1C1CN(C)C1. The average Bonchev–Trinajstić information content (AvgIpc) is 2.92. The highest BCUT2D eigenvalue weighted by Gasteiger charge is 2.32. The minimum absolute atomic E-state index is 0.0771. The lowest BCUT2D eigenvalue weighted by molar-refractivity contribution is 0.186. The lowest BCUT2D eigenvalue weighted by Crippen LogP contribution is -2.42. The molecule has 1 aromatic carbocycles. The van der Waals surface area contributed by atoms with Crippen molar-refractivity contribution in [2.75, 3.05) is 27.2 Å². The molecule has 1 unspecified atom stereocenters. The molecule has 0 amide bonds. The molecule has 0 aliphatic carbocycles. The van der Waals surface area contributed by atoms with Gasteiger partial charge in [-0.25, -0.2) is 0 Å². The van der Waals surface area contributed by atoms with Crippen LogP contribution < -0.4 is 4.74 Å². The first-order valence-electron chi connectivity index (χ1n) is 7.99. The smallest absolute Gasteiger partial charge is 0.128 e. The fourth-order valence-corrected chi connectivity index (χ4v) is 3.69. The highest BCUT2D eigenvalue weighted by molar-refractivity contribution is 6.31. The first-order chi connectivity index (χ1) is 10.9. The van der Waals surface area contributed by atoms with Gasteiger partial charge >= 0.3 is 0 Å². The first kappa shape index (κ1) is 16.3. The number of likely N-dealkylation sites (tertiary alicyclic amines) is 1. The molecular formula is C18H24ClN3O. The van der Waals surface area contributed by atoms with Gasteiger partial charge < -0.3 is 9.64 Å². The fraction of sp³-hybridized carbons (Fsp3) is 0.500. The number of nitrogens with zero attached hydrogens (tertiary/aromatic N) is 3. The van der Waals surface area contributed by atoms with Crippen LogP contribution >= 0.6 is 11.6 Å². The van der Waals surface area contributed by atoms with Crippen molar-refractivity contribution in [3.8, 4) is 5.75 Å². The number of rotatable bonds is 4. The molecule has 5 heteroatoms. The van der Waals surface area contributed by atoms with Crippen LogP contribution in [0.4, 0.5) is 0 Å². The van der Waals surface area contributed by atoms with Gasteiger partial charge in [-0.05, 0) is 45.5 Å². The number of halogens is 1. The molecule has 0 spiro atoms. The molecule has 0 bridgehead atoms. The van der Waals surface area contributed by atoms with E-state index in [1.807, 2.05) is 29.9 Å². The van der Waals surface area contributed by atoms with Crippen LogP contribution in [0.3, 0.4) is 0 Å². The van der Waals surface area contributed by atoms with Crippen LogP contribution in [-0.4, -0.2) is 41.9 Å². The summed E-state index contributed by atoms with van der Waals surface area (Å²) in [5, 5.41) is 5.35. The summed E-state index contributed by atoms with van der Waals surface area (Å²) in [6.07, 6.45) is 2.00. The molecule has 0 radical (unpaired) electrons. The van der Waals surface area contributed by atoms with Crippen molar-refractivity contribution in [3.05, 3.63) is 45.7 Å². The van der Waals surface area contributed by atoms with Gasteiger partial charge in [0.15, 0.2) is 0 Å². The zero-order chi connectivity index (χ0) is 16.7. The number of hydrogen-bond acceptors (Lipinski definition) is 3. The summed E-state index contributed by atoms with van der Waals surface area (Å²) >= 11 is 6.55. The van der Waals surface area contributed by atoms with Crippen molar-refractivity contribution in [2.45, 2.75) is 32.7 Å². The third kappa shape index (κ3) is 2.86. The molecule has 1 aliphatic heterocycles. The quantitative estimate of drug-likeness (QED) is 0.852. The zero-order valence-corrected chi connectivity index (χ0v) is 15.2. The Hall–Kier alpha value is -1.52. The standard InChI is InChI=1S/C18H24ClN3O/c1-11-6-7-22(20-11)13(3)15-8-16(19)12(2)17(18(15)23-5)14-9-21(4)10-14/h6-8,13-14H,9-10H2,1-5H3. The van der Waals surface area contributed by atoms with Gasteiger partial charge in [0.2, 0.25) is 0 Å². The number of methoxy groups -OCH3 is 1. The van der Waals surface area contributed by atoms with Crippen molar-refractivity contribution >= 4 is 11.6 Å². The van der Waals surface area contributed by atoms with Crippen LogP contribution in [-0.2, 0) is 0 Å². The summed E-state index contributed by atoms with van der Waals surface area (Å²) < 4.78 is 7.80. The van der Waals surface area contributed by atoms with Gasteiger partial charge in [0.05, 0.1) is 18.8 Å². The van der Waals surface area contributed by atoms with Crippen LogP contribution in [0, 0.1) is 13.8 Å². The lowest BCUT2D eigenvalue weighted by atomic mass is 9.85. The number of likely N-dealkylation sites (N-methyl/N-ethyl adjacent to an activating group) is 1. The lowest BCUT2D eigenvalue weighted by Gasteiger charge is -2.38. The maximum Gasteiger partial charge on any atom is 0.128 e. The van der Waals surface area contributed by atoms with Crippen molar-refractivity contribution in [2.24, 2.45) is 0 Å². The van der Waals surface area contributed by atoms with Gasteiger partial charge in [-0.15, -0.1) is 0 Å². The predicted octanol–water partition coefficient (Wildman–Crippen LogP) is 3.80. The first-order valence-corrected chi connectivity index (χ1v) is 8.37. The molecule has 1 saturated heterocycles. The van der Waals surface area contributed by atoms with Crippen molar-refractivity contribution in [1.82, 2.24) is 14.7 Å². The number of hydrogen-bond donors (Lipinski definition) is 0. The molecule has 1 atom stereocenters. The number of benzene rings is 1. The van der Waals surface area contributed by atoms with E-state index < -0.39 is 0 Å². The summed E-state index contributed by atoms with van der Waals surface area (Å²) in [5.74, 6) is 1.45. The van der Waals surface area contributed by atoms with E-state index >= 15 is 0 Å². The summed E-state index contributed by atoms with van der Waals surface area (Å²) in [4.78, 5) is 2.31. The average molecular weight is 334 g/mol. The highest BCUT2D eigenvalue weighted by atomic mass is 35.5. The minimum atomic E-state index is 0.0771. The highest BCUT2D eigenvalue weighted by Crippen LogP contribution is 2.43. The van der Waals surface area contributed by atoms with E-state index in [2.05, 4.69) is 30.9 Å². The Morgan fingerprint density at radius 3 is 2.57 bits per heavy atom. The summed E-state index contributed by atoms with van der Waals surface area (Å²) in [5.41, 5.74) is 4.49. The second-order valence-corrected chi connectivity index (χ2v) is 6.96. The number of ether oxygens (including phenoxy) is 1. The number of aryl methyl sites for hydroxylation is 1. The molecule has 3 rings (SSSR count). The van der Waals surface area contributed by atoms with Gasteiger partial charge in [-0.3, -0.25) is 4.68 Å². The fourth-order valence-electron chi connectivity index (χ4n) is 3.47. The topological polar surface area (TPSA) is 30.3 Å². The summed E-state index contributed by atoms with van der Waals surface area (Å²) in [7, 11) is 3.89. The molecule has 2 aromatic rings. The van der Waals surface area contributed by atoms with Crippen LogP contribution in [0.2, 0.25) is 5.02 Å². The van der Waals surface area contributed by atoms with E-state index in [1.165, 1.54) is 5.56 Å². The van der Waals surface area contributed by atoms with Crippen LogP contribution in [0.1, 0.15) is 41.3 Å². The zero-order valence-electron chi connectivity index (χ0n) is 14.4. The van der Waals surface area contributed by atoms with Gasteiger partial charge in [-0.1, -0.05) is 11.6 Å². The predicted molar refractivity (Wildman–Crippen MR) is 93.8 cm³/mol. The normalized spacial score (nSPS) is 17.1. The molecule has 1 aliphatic rings. The van der Waals surface area contributed by atoms with E-state index in [4.69, 9.17) is 16.3 Å². The third-order valence-corrected chi connectivity index (χ3v) is 5.21. The molecular weight excluding hydrogens is 310 g/mol. The Morgan fingerprint density at radius 2 is 2.04 bits per heavy atom. The third-order valence-electron chi connectivity index (χ3n) is 4.82. The van der Waals surface area contributed by atoms with Gasteiger partial charge in [0.25, 0.3) is 0 Å². The molecule has 0 saturated carbocycles. The second-order valence-electron chi connectivity index (χ2n) is 6.55. The van der Waals surface area contributed by atoms with Crippen molar-refractivity contribution < 1.29 is 4.74 Å². The van der Waals surface area contributed by atoms with E-state index in [0.717, 1.165) is 40.7 Å². The van der Waals surface area contributed by atoms with Crippen LogP contribution in [0.5, 0.6) is 5.75 Å². The van der Waals surface area contributed by atoms with Crippen LogP contribution in [0.25, 0.3) is 0 Å². The Kier molecular flexibility index (Phi) is 4.39. The van der Waals surface area contributed by atoms with Crippen molar-refractivity contribution in [1.29, 1.82) is 0 Å². The largest absolute Gasteiger partial charge is 0.496 e. The van der Waals surface area contributed by atoms with Gasteiger partial charge in [0.1, 0.15) is 5.75 Å². The number of aromatic nitrogens is 2. The molecule has 2 heterocycles. The summed E-state index contributed by atoms with van der Waals surface area (Å²) in [6, 6.07) is 4.12. The van der Waals surface area contributed by atoms with E-state index in [-0.39, 0.29) is 6.04 Å². The van der Waals surface area contributed by atoms with Crippen molar-refractivity contribution in [3.63, 3.8) is 0 Å². The molecule has 0 N–H and O–H groups in total. The minimum Gasteiger partial charge on any atom is -0.496 e. The second kappa shape index (κ2) is 6.17. The van der Waals surface area contributed by atoms with E-state index in [1.54, 1.807) is 7.11 Å². The Bertz CT molecular complexity index is 719. The Morgan fingerprint density at radius 1 is 1.35 bits per heavy atom. The molecule has 4 nitrogen and oxygen atoms in total. The molecule has 124 valence electrons. The monoisotopic (exact) mass is 333 g/mol. The van der Waals surface area contributed by atoms with E-state index in [0.29, 0.717) is 5.92 Å². The summed E-state index contributed by atoms with van der Waals surface area (Å²) in [6.45, 7) is 8.31. The Labute approximate surface area is 143 Å². The van der Waals surface area contributed by atoms with E-state index in [9.17, 15) is 0 Å². The maximum atomic E-state index is 6.55. The molecule has 1 fully saturated rings. The van der Waals surface area contributed by atoms with Crippen LogP contribution in [0.15, 0.2) is 18.3 Å². The maximum absolute atomic E-state index is 6.55. The van der Waals surface area contributed by atoms with Gasteiger partial charge in [0, 0.05) is 41.4 Å². The van der Waals surface area contributed by atoms with Gasteiger partial charge in [-0.2, -0.15) is 5.10 Å². The molecule has 23 heavy (non-hydrogen) atoms. The molecule has 1 aromatic heterocycles.